The van der Waals surface area contributed by atoms with E-state index in [0.717, 1.165) is 13.0 Å². The zero-order valence-corrected chi connectivity index (χ0v) is 16.0. The minimum atomic E-state index is -0.313. The molecule has 0 saturated heterocycles. The van der Waals surface area contributed by atoms with Crippen molar-refractivity contribution in [3.05, 3.63) is 27.2 Å². The maximum atomic E-state index is 12.2. The van der Waals surface area contributed by atoms with Crippen LogP contribution in [0, 0.1) is 0 Å². The minimum Gasteiger partial charge on any atom is -0.325 e. The third-order valence-electron chi connectivity index (χ3n) is 3.55. The summed E-state index contributed by atoms with van der Waals surface area (Å²) in [5, 5.41) is 3.31. The highest BCUT2D eigenvalue weighted by molar-refractivity contribution is 5.69. The van der Waals surface area contributed by atoms with Crippen LogP contribution in [0.3, 0.4) is 0 Å². The molecule has 0 aliphatic heterocycles. The van der Waals surface area contributed by atoms with Gasteiger partial charge in [0.1, 0.15) is 0 Å². The van der Waals surface area contributed by atoms with Crippen LogP contribution >= 0.6 is 0 Å². The van der Waals surface area contributed by atoms with Crippen LogP contribution in [0.5, 0.6) is 0 Å². The first-order valence-corrected chi connectivity index (χ1v) is 8.65. The van der Waals surface area contributed by atoms with E-state index in [1.54, 1.807) is 20.3 Å². The van der Waals surface area contributed by atoms with Gasteiger partial charge in [-0.15, -0.1) is 0 Å². The largest absolute Gasteiger partial charge is 0.332 e. The molecule has 0 spiro atoms. The van der Waals surface area contributed by atoms with Crippen molar-refractivity contribution in [2.24, 2.45) is 7.05 Å². The van der Waals surface area contributed by atoms with Crippen LogP contribution in [0.4, 0.5) is 0 Å². The smallest absolute Gasteiger partial charge is 0.325 e. The predicted molar refractivity (Wildman–Crippen MR) is 98.6 cm³/mol. The number of hydrogen-bond donors (Lipinski definition) is 1. The molecule has 0 atom stereocenters. The maximum Gasteiger partial charge on any atom is 0.332 e. The Morgan fingerprint density at radius 2 is 1.71 bits per heavy atom. The molecular weight excluding hydrogens is 306 g/mol. The van der Waals surface area contributed by atoms with E-state index in [0.29, 0.717) is 29.8 Å². The van der Waals surface area contributed by atoms with Crippen molar-refractivity contribution in [3.63, 3.8) is 0 Å². The summed E-state index contributed by atoms with van der Waals surface area (Å²) in [6, 6.07) is 1.25. The van der Waals surface area contributed by atoms with Crippen LogP contribution in [0.25, 0.3) is 11.2 Å². The lowest BCUT2D eigenvalue weighted by molar-refractivity contribution is 0.518. The zero-order valence-electron chi connectivity index (χ0n) is 16.0. The van der Waals surface area contributed by atoms with Crippen LogP contribution in [-0.2, 0) is 20.1 Å². The van der Waals surface area contributed by atoms with E-state index in [4.69, 9.17) is 0 Å². The van der Waals surface area contributed by atoms with E-state index in [1.165, 1.54) is 9.13 Å². The van der Waals surface area contributed by atoms with Gasteiger partial charge in [0.25, 0.3) is 5.56 Å². The van der Waals surface area contributed by atoms with E-state index >= 15 is 0 Å². The average Bonchev–Trinajstić information content (AvgIpc) is 2.89. The molecule has 7 heteroatoms. The number of hydrogen-bond acceptors (Lipinski definition) is 4. The molecule has 0 aromatic carbocycles. The Balaban J connectivity index is 0.000000351. The SMILES string of the molecule is CC(C)NC(C)C.CCCn1cnc2c1c(=O)n(CC)c(=O)n2C. The second kappa shape index (κ2) is 8.82. The Bertz CT molecular complexity index is 762. The third kappa shape index (κ3) is 4.56. The van der Waals surface area contributed by atoms with Crippen molar-refractivity contribution in [2.45, 2.75) is 73.1 Å². The first kappa shape index (κ1) is 20.2. The molecule has 2 aromatic rings. The van der Waals surface area contributed by atoms with Gasteiger partial charge in [-0.05, 0) is 13.3 Å². The number of nitrogens with one attached hydrogen (secondary N) is 1. The quantitative estimate of drug-likeness (QED) is 0.901. The Hall–Kier alpha value is -1.89. The zero-order chi connectivity index (χ0) is 18.4. The first-order chi connectivity index (χ1) is 11.2. The molecule has 136 valence electrons. The molecule has 0 aliphatic rings. The van der Waals surface area contributed by atoms with Crippen molar-refractivity contribution in [1.82, 2.24) is 24.0 Å². The van der Waals surface area contributed by atoms with Gasteiger partial charge in [0.15, 0.2) is 11.2 Å². The topological polar surface area (TPSA) is 73.8 Å². The molecule has 0 amide bonds. The Labute approximate surface area is 143 Å². The molecule has 2 heterocycles. The molecule has 2 rings (SSSR count). The van der Waals surface area contributed by atoms with Crippen LogP contribution in [-0.4, -0.2) is 30.8 Å². The van der Waals surface area contributed by atoms with Crippen LogP contribution in [0.1, 0.15) is 48.0 Å². The van der Waals surface area contributed by atoms with Crippen molar-refractivity contribution < 1.29 is 0 Å². The van der Waals surface area contributed by atoms with Crippen LogP contribution in [0.2, 0.25) is 0 Å². The fraction of sp³-hybridized carbons (Fsp3) is 0.706. The predicted octanol–water partition coefficient (Wildman–Crippen LogP) is 1.72. The molecule has 2 aromatic heterocycles. The molecule has 7 nitrogen and oxygen atoms in total. The minimum absolute atomic E-state index is 0.253. The Kier molecular flexibility index (Phi) is 7.41. The van der Waals surface area contributed by atoms with Gasteiger partial charge in [-0.3, -0.25) is 13.9 Å². The van der Waals surface area contributed by atoms with E-state index in [9.17, 15) is 9.59 Å². The van der Waals surface area contributed by atoms with Gasteiger partial charge in [0.2, 0.25) is 0 Å². The number of rotatable bonds is 5. The second-order valence-corrected chi connectivity index (χ2v) is 6.48. The molecule has 0 aliphatic carbocycles. The highest BCUT2D eigenvalue weighted by Gasteiger charge is 2.14. The molecule has 0 unspecified atom stereocenters. The van der Waals surface area contributed by atoms with Gasteiger partial charge in [-0.1, -0.05) is 34.6 Å². The summed E-state index contributed by atoms with van der Waals surface area (Å²) in [7, 11) is 1.64. The summed E-state index contributed by atoms with van der Waals surface area (Å²) in [5.41, 5.74) is 0.400. The average molecular weight is 337 g/mol. The molecular formula is C17H31N5O2. The lowest BCUT2D eigenvalue weighted by Crippen LogP contribution is -2.39. The molecule has 0 saturated carbocycles. The molecule has 24 heavy (non-hydrogen) atoms. The second-order valence-electron chi connectivity index (χ2n) is 6.48. The third-order valence-corrected chi connectivity index (χ3v) is 3.55. The monoisotopic (exact) mass is 337 g/mol. The van der Waals surface area contributed by atoms with Crippen molar-refractivity contribution in [2.75, 3.05) is 0 Å². The van der Waals surface area contributed by atoms with Gasteiger partial charge in [0, 0.05) is 32.2 Å². The number of fused-ring (bicyclic) bond motifs is 1. The summed E-state index contributed by atoms with van der Waals surface area (Å²) >= 11 is 0. The number of aryl methyl sites for hydroxylation is 2. The molecule has 0 bridgehead atoms. The van der Waals surface area contributed by atoms with Gasteiger partial charge in [-0.2, -0.15) is 0 Å². The fourth-order valence-electron chi connectivity index (χ4n) is 2.68. The summed E-state index contributed by atoms with van der Waals surface area (Å²) < 4.78 is 4.46. The highest BCUT2D eigenvalue weighted by atomic mass is 16.2. The first-order valence-electron chi connectivity index (χ1n) is 8.65. The van der Waals surface area contributed by atoms with Crippen molar-refractivity contribution in [1.29, 1.82) is 0 Å². The Morgan fingerprint density at radius 3 is 2.12 bits per heavy atom. The van der Waals surface area contributed by atoms with E-state index in [1.807, 2.05) is 11.5 Å². The summed E-state index contributed by atoms with van der Waals surface area (Å²) in [6.07, 6.45) is 2.54. The van der Waals surface area contributed by atoms with Crippen molar-refractivity contribution in [3.8, 4) is 0 Å². The number of imidazole rings is 1. The molecule has 0 radical (unpaired) electrons. The molecule has 1 N–H and O–H groups in total. The lowest BCUT2D eigenvalue weighted by Gasteiger charge is -2.10. The highest BCUT2D eigenvalue weighted by Crippen LogP contribution is 2.06. The number of nitrogens with zero attached hydrogens (tertiary/aromatic N) is 4. The van der Waals surface area contributed by atoms with Crippen LogP contribution in [0.15, 0.2) is 15.9 Å². The summed E-state index contributed by atoms with van der Waals surface area (Å²) in [5.74, 6) is 0. The summed E-state index contributed by atoms with van der Waals surface area (Å²) in [6.45, 7) is 13.5. The number of aromatic nitrogens is 4. The lowest BCUT2D eigenvalue weighted by atomic mass is 10.3. The van der Waals surface area contributed by atoms with Gasteiger partial charge >= 0.3 is 5.69 Å². The van der Waals surface area contributed by atoms with E-state index < -0.39 is 0 Å². The van der Waals surface area contributed by atoms with Crippen LogP contribution < -0.4 is 16.6 Å². The normalized spacial score (nSPS) is 11.2. The van der Waals surface area contributed by atoms with Gasteiger partial charge < -0.3 is 9.88 Å². The van der Waals surface area contributed by atoms with E-state index in [-0.39, 0.29) is 11.2 Å². The van der Waals surface area contributed by atoms with E-state index in [2.05, 4.69) is 38.0 Å². The Morgan fingerprint density at radius 1 is 1.12 bits per heavy atom. The molecule has 0 fully saturated rings. The van der Waals surface area contributed by atoms with Crippen molar-refractivity contribution >= 4 is 11.2 Å². The maximum absolute atomic E-state index is 12.2. The fourth-order valence-corrected chi connectivity index (χ4v) is 2.68. The van der Waals surface area contributed by atoms with Gasteiger partial charge in [-0.25, -0.2) is 9.78 Å². The summed E-state index contributed by atoms with van der Waals surface area (Å²) in [4.78, 5) is 28.2. The standard InChI is InChI=1S/C11H16N4O2.C6H15N/c1-4-6-14-7-12-9-8(14)10(16)15(5-2)11(17)13(9)3;1-5(2)7-6(3)4/h7H,4-6H2,1-3H3;5-7H,1-4H3. The van der Waals surface area contributed by atoms with Gasteiger partial charge in [0.05, 0.1) is 6.33 Å².